The van der Waals surface area contributed by atoms with Gasteiger partial charge in [0.15, 0.2) is 18.1 Å². The number of carbonyl (C=O) groups excluding carboxylic acids is 1. The molecule has 2 aromatic carbocycles. The van der Waals surface area contributed by atoms with Gasteiger partial charge in [0.25, 0.3) is 5.91 Å². The molecule has 0 radical (unpaired) electrons. The van der Waals surface area contributed by atoms with Gasteiger partial charge in [0.05, 0.1) is 14.2 Å². The number of carbonyl (C=O) groups is 1. The van der Waals surface area contributed by atoms with E-state index in [1.165, 1.54) is 5.56 Å². The summed E-state index contributed by atoms with van der Waals surface area (Å²) in [6, 6.07) is 13.8. The molecule has 0 aliphatic carbocycles. The number of amides is 1. The summed E-state index contributed by atoms with van der Waals surface area (Å²) in [6.45, 7) is 7.28. The quantitative estimate of drug-likeness (QED) is 0.599. The van der Waals surface area contributed by atoms with Crippen molar-refractivity contribution < 1.29 is 19.0 Å². The van der Waals surface area contributed by atoms with E-state index in [4.69, 9.17) is 14.2 Å². The Morgan fingerprint density at radius 2 is 1.69 bits per heavy atom. The highest BCUT2D eigenvalue weighted by atomic mass is 16.5. The van der Waals surface area contributed by atoms with Crippen molar-refractivity contribution >= 4 is 5.91 Å². The van der Waals surface area contributed by atoms with Crippen molar-refractivity contribution in [3.63, 3.8) is 0 Å². The zero-order chi connectivity index (χ0) is 21.3. The van der Waals surface area contributed by atoms with Gasteiger partial charge in [-0.25, -0.2) is 0 Å². The van der Waals surface area contributed by atoms with Crippen molar-refractivity contribution in [1.82, 2.24) is 10.6 Å². The van der Waals surface area contributed by atoms with Gasteiger partial charge < -0.3 is 24.8 Å². The van der Waals surface area contributed by atoms with Crippen LogP contribution in [0.1, 0.15) is 31.9 Å². The van der Waals surface area contributed by atoms with E-state index in [9.17, 15) is 4.79 Å². The minimum absolute atomic E-state index is 0.0515. The Morgan fingerprint density at radius 3 is 2.38 bits per heavy atom. The minimum atomic E-state index is -0.288. The third-order valence-electron chi connectivity index (χ3n) is 4.19. The maximum absolute atomic E-state index is 11.9. The molecule has 1 amide bonds. The average molecular weight is 401 g/mol. The first-order chi connectivity index (χ1) is 13.8. The van der Waals surface area contributed by atoms with Crippen LogP contribution in [0, 0.1) is 0 Å². The summed E-state index contributed by atoms with van der Waals surface area (Å²) >= 11 is 0. The van der Waals surface area contributed by atoms with Crippen LogP contribution in [0.2, 0.25) is 0 Å². The SMILES string of the molecule is COc1ccccc1CCNCc1ccc(OCC(=O)NC(C)(C)C)c(OC)c1. The number of methoxy groups -OCH3 is 2. The molecule has 0 unspecified atom stereocenters. The molecule has 0 aliphatic heterocycles. The van der Waals surface area contributed by atoms with Gasteiger partial charge in [-0.3, -0.25) is 4.79 Å². The van der Waals surface area contributed by atoms with E-state index >= 15 is 0 Å². The second-order valence-electron chi connectivity index (χ2n) is 7.81. The molecule has 6 heteroatoms. The Hall–Kier alpha value is -2.73. The standard InChI is InChI=1S/C23H32N2O4/c1-23(2,3)25-22(26)16-29-20-11-10-17(14-21(20)28-5)15-24-13-12-18-8-6-7-9-19(18)27-4/h6-11,14,24H,12-13,15-16H2,1-5H3,(H,25,26). The first kappa shape index (κ1) is 22.6. The van der Waals surface area contributed by atoms with Crippen LogP contribution in [0.25, 0.3) is 0 Å². The summed E-state index contributed by atoms with van der Waals surface area (Å²) in [4.78, 5) is 11.9. The lowest BCUT2D eigenvalue weighted by Gasteiger charge is -2.20. The van der Waals surface area contributed by atoms with Gasteiger partial charge in [-0.05, 0) is 63.1 Å². The molecule has 0 aliphatic rings. The fraction of sp³-hybridized carbons (Fsp3) is 0.435. The summed E-state index contributed by atoms with van der Waals surface area (Å²) in [5, 5.41) is 6.30. The average Bonchev–Trinajstić information content (AvgIpc) is 2.69. The maximum Gasteiger partial charge on any atom is 0.258 e. The smallest absolute Gasteiger partial charge is 0.258 e. The molecule has 0 heterocycles. The number of para-hydroxylation sites is 1. The summed E-state index contributed by atoms with van der Waals surface area (Å²) in [5.74, 6) is 1.90. The molecule has 2 N–H and O–H groups in total. The number of ether oxygens (including phenoxy) is 3. The lowest BCUT2D eigenvalue weighted by atomic mass is 10.1. The van der Waals surface area contributed by atoms with Gasteiger partial charge >= 0.3 is 0 Å². The Labute approximate surface area is 173 Å². The molecule has 29 heavy (non-hydrogen) atoms. The molecule has 158 valence electrons. The lowest BCUT2D eigenvalue weighted by Crippen LogP contribution is -2.43. The molecule has 0 bridgehead atoms. The molecule has 0 saturated carbocycles. The molecule has 0 spiro atoms. The fourth-order valence-corrected chi connectivity index (χ4v) is 2.90. The predicted octanol–water partition coefficient (Wildman–Crippen LogP) is 3.33. The second kappa shape index (κ2) is 10.7. The monoisotopic (exact) mass is 400 g/mol. The number of benzene rings is 2. The summed E-state index contributed by atoms with van der Waals surface area (Å²) in [6.07, 6.45) is 0.880. The Bertz CT molecular complexity index is 800. The van der Waals surface area contributed by atoms with Gasteiger partial charge in [-0.15, -0.1) is 0 Å². The normalized spacial score (nSPS) is 11.1. The minimum Gasteiger partial charge on any atom is -0.496 e. The Kier molecular flexibility index (Phi) is 8.34. The lowest BCUT2D eigenvalue weighted by molar-refractivity contribution is -0.124. The van der Waals surface area contributed by atoms with Gasteiger partial charge in [-0.2, -0.15) is 0 Å². The highest BCUT2D eigenvalue weighted by molar-refractivity contribution is 5.78. The largest absolute Gasteiger partial charge is 0.496 e. The molecule has 0 atom stereocenters. The first-order valence-corrected chi connectivity index (χ1v) is 9.75. The van der Waals surface area contributed by atoms with Crippen molar-refractivity contribution in [2.45, 2.75) is 39.3 Å². The third-order valence-corrected chi connectivity index (χ3v) is 4.19. The molecular formula is C23H32N2O4. The topological polar surface area (TPSA) is 68.8 Å². The van der Waals surface area contributed by atoms with E-state index in [-0.39, 0.29) is 18.1 Å². The van der Waals surface area contributed by atoms with Crippen molar-refractivity contribution in [2.24, 2.45) is 0 Å². The molecule has 0 saturated heterocycles. The number of nitrogens with one attached hydrogen (secondary N) is 2. The third kappa shape index (κ3) is 7.66. The zero-order valence-corrected chi connectivity index (χ0v) is 18.0. The van der Waals surface area contributed by atoms with Crippen molar-refractivity contribution in [3.8, 4) is 17.2 Å². The highest BCUT2D eigenvalue weighted by Gasteiger charge is 2.15. The zero-order valence-electron chi connectivity index (χ0n) is 18.0. The van der Waals surface area contributed by atoms with Crippen LogP contribution in [0.3, 0.4) is 0 Å². The Balaban J connectivity index is 1.85. The van der Waals surface area contributed by atoms with E-state index in [1.54, 1.807) is 14.2 Å². The van der Waals surface area contributed by atoms with Crippen LogP contribution >= 0.6 is 0 Å². The number of hydrogen-bond donors (Lipinski definition) is 2. The van der Waals surface area contributed by atoms with Crippen LogP contribution in [0.5, 0.6) is 17.2 Å². The summed E-state index contributed by atoms with van der Waals surface area (Å²) in [5.41, 5.74) is 1.97. The van der Waals surface area contributed by atoms with Crippen LogP contribution in [-0.2, 0) is 17.8 Å². The van der Waals surface area contributed by atoms with Crippen LogP contribution in [-0.4, -0.2) is 38.8 Å². The first-order valence-electron chi connectivity index (χ1n) is 9.75. The Morgan fingerprint density at radius 1 is 0.966 bits per heavy atom. The highest BCUT2D eigenvalue weighted by Crippen LogP contribution is 2.28. The van der Waals surface area contributed by atoms with Crippen molar-refractivity contribution in [1.29, 1.82) is 0 Å². The maximum atomic E-state index is 11.9. The summed E-state index contributed by atoms with van der Waals surface area (Å²) in [7, 11) is 3.28. The van der Waals surface area contributed by atoms with Crippen LogP contribution in [0.15, 0.2) is 42.5 Å². The van der Waals surface area contributed by atoms with E-state index in [1.807, 2.05) is 57.2 Å². The molecule has 2 aromatic rings. The van der Waals surface area contributed by atoms with Gasteiger partial charge in [0.1, 0.15) is 5.75 Å². The number of hydrogen-bond acceptors (Lipinski definition) is 5. The van der Waals surface area contributed by atoms with E-state index < -0.39 is 0 Å². The number of rotatable bonds is 10. The van der Waals surface area contributed by atoms with Crippen LogP contribution in [0.4, 0.5) is 0 Å². The van der Waals surface area contributed by atoms with E-state index in [2.05, 4.69) is 16.7 Å². The van der Waals surface area contributed by atoms with Gasteiger partial charge in [-0.1, -0.05) is 24.3 Å². The predicted molar refractivity (Wildman–Crippen MR) is 115 cm³/mol. The molecular weight excluding hydrogens is 368 g/mol. The molecule has 6 nitrogen and oxygen atoms in total. The summed E-state index contributed by atoms with van der Waals surface area (Å²) < 4.78 is 16.4. The van der Waals surface area contributed by atoms with Crippen molar-refractivity contribution in [2.75, 3.05) is 27.4 Å². The molecule has 2 rings (SSSR count). The van der Waals surface area contributed by atoms with Crippen LogP contribution < -0.4 is 24.8 Å². The van der Waals surface area contributed by atoms with E-state index in [0.717, 1.165) is 24.3 Å². The molecule has 0 aromatic heterocycles. The fourth-order valence-electron chi connectivity index (χ4n) is 2.90. The second-order valence-corrected chi connectivity index (χ2v) is 7.81. The van der Waals surface area contributed by atoms with Gasteiger partial charge in [0.2, 0.25) is 0 Å². The molecule has 0 fully saturated rings. The van der Waals surface area contributed by atoms with Gasteiger partial charge in [0, 0.05) is 12.1 Å². The van der Waals surface area contributed by atoms with Crippen molar-refractivity contribution in [3.05, 3.63) is 53.6 Å². The van der Waals surface area contributed by atoms with E-state index in [0.29, 0.717) is 18.0 Å².